The maximum atomic E-state index is 11.5. The topological polar surface area (TPSA) is 102 Å². The van der Waals surface area contributed by atoms with Gasteiger partial charge in [0, 0.05) is 11.6 Å². The number of hydrogen-bond acceptors (Lipinski definition) is 4. The molecule has 0 heterocycles. The highest BCUT2D eigenvalue weighted by molar-refractivity contribution is 6.31. The summed E-state index contributed by atoms with van der Waals surface area (Å²) in [5, 5.41) is 11.7. The van der Waals surface area contributed by atoms with E-state index in [-0.39, 0.29) is 24.5 Å². The first kappa shape index (κ1) is 14.4. The van der Waals surface area contributed by atoms with Crippen LogP contribution in [-0.2, 0) is 9.53 Å². The molecule has 4 N–H and O–H groups in total. The van der Waals surface area contributed by atoms with Gasteiger partial charge in [-0.25, -0.2) is 4.79 Å². The normalized spacial score (nSPS) is 10.1. The number of nitrogens with two attached hydrogens (primary N) is 1. The minimum atomic E-state index is -1.15. The average Bonchev–Trinajstić information content (AvgIpc) is 2.29. The maximum Gasteiger partial charge on any atom is 0.337 e. The lowest BCUT2D eigenvalue weighted by molar-refractivity contribution is -0.120. The lowest BCUT2D eigenvalue weighted by Crippen LogP contribution is -2.21. The Morgan fingerprint density at radius 3 is 2.78 bits per heavy atom. The highest BCUT2D eigenvalue weighted by atomic mass is 35.5. The van der Waals surface area contributed by atoms with Crippen LogP contribution in [0.25, 0.3) is 0 Å². The Morgan fingerprint density at radius 2 is 2.17 bits per heavy atom. The molecule has 18 heavy (non-hydrogen) atoms. The van der Waals surface area contributed by atoms with Crippen molar-refractivity contribution >= 4 is 29.2 Å². The first-order valence-corrected chi connectivity index (χ1v) is 5.53. The Hall–Kier alpha value is -1.63. The van der Waals surface area contributed by atoms with E-state index < -0.39 is 11.9 Å². The van der Waals surface area contributed by atoms with Crippen molar-refractivity contribution in [2.45, 2.75) is 0 Å². The third-order valence-electron chi connectivity index (χ3n) is 1.98. The van der Waals surface area contributed by atoms with Crippen molar-refractivity contribution < 1.29 is 19.4 Å². The number of anilines is 1. The second-order valence-electron chi connectivity index (χ2n) is 3.38. The van der Waals surface area contributed by atoms with Crippen LogP contribution in [0.4, 0.5) is 5.69 Å². The van der Waals surface area contributed by atoms with Crippen LogP contribution in [0.5, 0.6) is 0 Å². The van der Waals surface area contributed by atoms with Gasteiger partial charge in [-0.15, -0.1) is 0 Å². The van der Waals surface area contributed by atoms with Crippen molar-refractivity contribution in [3.63, 3.8) is 0 Å². The van der Waals surface area contributed by atoms with E-state index in [0.717, 1.165) is 0 Å². The monoisotopic (exact) mass is 272 g/mol. The number of carbonyl (C=O) groups is 2. The molecule has 0 fully saturated rings. The summed E-state index contributed by atoms with van der Waals surface area (Å²) in [5.41, 5.74) is 5.30. The van der Waals surface area contributed by atoms with Gasteiger partial charge in [0.1, 0.15) is 6.61 Å². The highest BCUT2D eigenvalue weighted by Crippen LogP contribution is 2.21. The number of ether oxygens (including phenoxy) is 1. The highest BCUT2D eigenvalue weighted by Gasteiger charge is 2.12. The number of benzene rings is 1. The molecule has 0 saturated heterocycles. The molecule has 6 nitrogen and oxygen atoms in total. The molecule has 7 heteroatoms. The van der Waals surface area contributed by atoms with Gasteiger partial charge in [-0.1, -0.05) is 11.6 Å². The van der Waals surface area contributed by atoms with E-state index in [4.69, 9.17) is 27.2 Å². The second-order valence-corrected chi connectivity index (χ2v) is 3.82. The first-order chi connectivity index (χ1) is 8.54. The molecule has 0 atom stereocenters. The van der Waals surface area contributed by atoms with Crippen LogP contribution >= 0.6 is 11.6 Å². The summed E-state index contributed by atoms with van der Waals surface area (Å²) in [6.07, 6.45) is 0. The fraction of sp³-hybridized carbons (Fsp3) is 0.273. The van der Waals surface area contributed by atoms with E-state index in [2.05, 4.69) is 5.32 Å². The molecule has 1 rings (SSSR count). The summed E-state index contributed by atoms with van der Waals surface area (Å²) in [7, 11) is 0. The molecule has 0 bridgehead atoms. The summed E-state index contributed by atoms with van der Waals surface area (Å²) in [6.45, 7) is 0.377. The van der Waals surface area contributed by atoms with E-state index in [1.807, 2.05) is 0 Å². The van der Waals surface area contributed by atoms with Crippen LogP contribution < -0.4 is 11.1 Å². The summed E-state index contributed by atoms with van der Waals surface area (Å²) >= 11 is 5.74. The standard InChI is InChI=1S/C11H13ClN2O4/c12-7-1-2-8(11(16)17)9(5-7)14-10(15)6-18-4-3-13/h1-2,5H,3-4,6,13H2,(H,14,15)(H,16,17). The number of carboxylic acid groups (broad SMARTS) is 1. The van der Waals surface area contributed by atoms with Crippen molar-refractivity contribution in [1.82, 2.24) is 0 Å². The molecule has 1 aromatic carbocycles. The van der Waals surface area contributed by atoms with Gasteiger partial charge in [0.15, 0.2) is 0 Å². The lowest BCUT2D eigenvalue weighted by Gasteiger charge is -2.09. The molecule has 0 unspecified atom stereocenters. The Kier molecular flexibility index (Phi) is 5.57. The molecule has 0 saturated carbocycles. The Bertz CT molecular complexity index is 451. The van der Waals surface area contributed by atoms with Crippen molar-refractivity contribution in [2.75, 3.05) is 25.1 Å². The smallest absolute Gasteiger partial charge is 0.337 e. The molecule has 1 amide bonds. The minimum Gasteiger partial charge on any atom is -0.478 e. The summed E-state index contributed by atoms with van der Waals surface area (Å²) < 4.78 is 4.93. The van der Waals surface area contributed by atoms with Crippen LogP contribution in [0.1, 0.15) is 10.4 Å². The largest absolute Gasteiger partial charge is 0.478 e. The van der Waals surface area contributed by atoms with E-state index in [1.165, 1.54) is 18.2 Å². The SMILES string of the molecule is NCCOCC(=O)Nc1cc(Cl)ccc1C(=O)O. The zero-order valence-electron chi connectivity index (χ0n) is 9.48. The number of carboxylic acids is 1. The Balaban J connectivity index is 2.73. The average molecular weight is 273 g/mol. The number of rotatable bonds is 6. The maximum absolute atomic E-state index is 11.5. The molecule has 0 aliphatic heterocycles. The second kappa shape index (κ2) is 6.95. The van der Waals surface area contributed by atoms with Gasteiger partial charge in [0.25, 0.3) is 0 Å². The number of aromatic carboxylic acids is 1. The summed E-state index contributed by atoms with van der Waals surface area (Å²) in [5.74, 6) is -1.61. The fourth-order valence-electron chi connectivity index (χ4n) is 1.24. The Morgan fingerprint density at radius 1 is 1.44 bits per heavy atom. The quantitative estimate of drug-likeness (QED) is 0.669. The van der Waals surface area contributed by atoms with E-state index in [0.29, 0.717) is 11.6 Å². The van der Waals surface area contributed by atoms with Crippen LogP contribution in [-0.4, -0.2) is 36.7 Å². The van der Waals surface area contributed by atoms with Gasteiger partial charge in [-0.2, -0.15) is 0 Å². The Labute approximate surface area is 109 Å². The number of hydrogen-bond donors (Lipinski definition) is 3. The molecule has 0 radical (unpaired) electrons. The van der Waals surface area contributed by atoms with Crippen LogP contribution in [0.2, 0.25) is 5.02 Å². The number of carbonyl (C=O) groups excluding carboxylic acids is 1. The molecule has 0 aromatic heterocycles. The zero-order chi connectivity index (χ0) is 13.5. The molecule has 1 aromatic rings. The molecule has 0 aliphatic carbocycles. The van der Waals surface area contributed by atoms with Gasteiger partial charge >= 0.3 is 5.97 Å². The lowest BCUT2D eigenvalue weighted by atomic mass is 10.2. The van der Waals surface area contributed by atoms with Crippen LogP contribution in [0.3, 0.4) is 0 Å². The van der Waals surface area contributed by atoms with Gasteiger partial charge < -0.3 is 20.9 Å². The van der Waals surface area contributed by atoms with E-state index >= 15 is 0 Å². The first-order valence-electron chi connectivity index (χ1n) is 5.15. The number of nitrogens with one attached hydrogen (secondary N) is 1. The third-order valence-corrected chi connectivity index (χ3v) is 2.22. The van der Waals surface area contributed by atoms with Crippen molar-refractivity contribution in [3.8, 4) is 0 Å². The van der Waals surface area contributed by atoms with Crippen LogP contribution in [0, 0.1) is 0 Å². The molecule has 0 spiro atoms. The zero-order valence-corrected chi connectivity index (χ0v) is 10.2. The van der Waals surface area contributed by atoms with Gasteiger partial charge in [-0.05, 0) is 18.2 Å². The van der Waals surface area contributed by atoms with Crippen molar-refractivity contribution in [1.29, 1.82) is 0 Å². The van der Waals surface area contributed by atoms with E-state index in [1.54, 1.807) is 0 Å². The fourth-order valence-corrected chi connectivity index (χ4v) is 1.41. The minimum absolute atomic E-state index is 0.0356. The summed E-state index contributed by atoms with van der Waals surface area (Å²) in [4.78, 5) is 22.4. The summed E-state index contributed by atoms with van der Waals surface area (Å²) in [6, 6.07) is 4.12. The van der Waals surface area contributed by atoms with Gasteiger partial charge in [0.2, 0.25) is 5.91 Å². The van der Waals surface area contributed by atoms with Crippen LogP contribution in [0.15, 0.2) is 18.2 Å². The third kappa shape index (κ3) is 4.33. The predicted molar refractivity (Wildman–Crippen MR) is 66.9 cm³/mol. The van der Waals surface area contributed by atoms with Crippen molar-refractivity contribution in [3.05, 3.63) is 28.8 Å². The van der Waals surface area contributed by atoms with Crippen molar-refractivity contribution in [2.24, 2.45) is 5.73 Å². The molecular weight excluding hydrogens is 260 g/mol. The predicted octanol–water partition coefficient (Wildman–Crippen LogP) is 0.952. The van der Waals surface area contributed by atoms with E-state index in [9.17, 15) is 9.59 Å². The molecular formula is C11H13ClN2O4. The number of halogens is 1. The molecule has 0 aliphatic rings. The van der Waals surface area contributed by atoms with Gasteiger partial charge in [-0.3, -0.25) is 4.79 Å². The number of amides is 1. The van der Waals surface area contributed by atoms with Gasteiger partial charge in [0.05, 0.1) is 17.9 Å². The molecule has 98 valence electrons.